The summed E-state index contributed by atoms with van der Waals surface area (Å²) >= 11 is 0. The largest absolute Gasteiger partial charge is 0.402 e. The lowest BCUT2D eigenvalue weighted by Crippen LogP contribution is -2.60. The van der Waals surface area contributed by atoms with Crippen LogP contribution in [-0.4, -0.2) is 41.7 Å². The summed E-state index contributed by atoms with van der Waals surface area (Å²) in [5.41, 5.74) is 9.59. The molecule has 2 aliphatic heterocycles. The Morgan fingerprint density at radius 2 is 1.97 bits per heavy atom. The van der Waals surface area contributed by atoms with E-state index < -0.39 is 12.0 Å². The topological polar surface area (TPSA) is 87.8 Å². The molecule has 2 aromatic rings. The molecule has 2 atom stereocenters. The van der Waals surface area contributed by atoms with Gasteiger partial charge in [0.15, 0.2) is 0 Å². The van der Waals surface area contributed by atoms with Gasteiger partial charge in [0.25, 0.3) is 11.8 Å². The maximum atomic E-state index is 13.6. The number of nitrogens with two attached hydrogens (primary N) is 1. The van der Waals surface area contributed by atoms with Gasteiger partial charge in [0.1, 0.15) is 17.7 Å². The van der Waals surface area contributed by atoms with Gasteiger partial charge >= 0.3 is 0 Å². The highest BCUT2D eigenvalue weighted by Gasteiger charge is 2.46. The summed E-state index contributed by atoms with van der Waals surface area (Å²) in [6.07, 6.45) is 0.742. The number of rotatable bonds is 3. The standard InChI is InChI=1S/C24H25FN4O2/c1-14-5-3-6-17(13-14)23(30)28-21-20(16-7-9-18(25)10-8-16)19(15(2)26)22-27-11-4-12-29(22)24(21)31/h3,5-10,13,20-21H,4,11-12,26H2,1-2H3,(H,28,30)/t20-,21-/m0/s1. The minimum absolute atomic E-state index is 0.237. The van der Waals surface area contributed by atoms with Crippen LogP contribution in [0.2, 0.25) is 0 Å². The van der Waals surface area contributed by atoms with Crippen LogP contribution in [0.15, 0.2) is 64.8 Å². The predicted molar refractivity (Wildman–Crippen MR) is 117 cm³/mol. The molecule has 31 heavy (non-hydrogen) atoms. The van der Waals surface area contributed by atoms with Crippen LogP contribution < -0.4 is 11.1 Å². The van der Waals surface area contributed by atoms with E-state index in [-0.39, 0.29) is 17.6 Å². The predicted octanol–water partition coefficient (Wildman–Crippen LogP) is 2.89. The van der Waals surface area contributed by atoms with E-state index in [1.165, 1.54) is 12.1 Å². The fourth-order valence-corrected chi connectivity index (χ4v) is 4.27. The molecule has 2 heterocycles. The van der Waals surface area contributed by atoms with Gasteiger partial charge < -0.3 is 11.1 Å². The highest BCUT2D eigenvalue weighted by molar-refractivity contribution is 6.15. The average molecular weight is 420 g/mol. The number of amidine groups is 1. The third kappa shape index (κ3) is 3.95. The molecule has 2 amide bonds. The third-order valence-electron chi connectivity index (χ3n) is 5.70. The second kappa shape index (κ2) is 8.34. The summed E-state index contributed by atoms with van der Waals surface area (Å²) in [7, 11) is 0. The summed E-state index contributed by atoms with van der Waals surface area (Å²) in [6, 6.07) is 12.2. The number of piperidine rings is 1. The number of halogens is 1. The summed E-state index contributed by atoms with van der Waals surface area (Å²) in [4.78, 5) is 32.7. The Hall–Kier alpha value is -3.48. The molecule has 1 saturated heterocycles. The van der Waals surface area contributed by atoms with Gasteiger partial charge in [-0.15, -0.1) is 0 Å². The van der Waals surface area contributed by atoms with Crippen molar-refractivity contribution in [3.63, 3.8) is 0 Å². The lowest BCUT2D eigenvalue weighted by atomic mass is 9.78. The molecule has 0 aromatic heterocycles. The number of hydrogen-bond donors (Lipinski definition) is 2. The maximum absolute atomic E-state index is 13.6. The summed E-state index contributed by atoms with van der Waals surface area (Å²) < 4.78 is 13.6. The van der Waals surface area contributed by atoms with Crippen molar-refractivity contribution >= 4 is 17.6 Å². The molecular weight excluding hydrogens is 395 g/mol. The number of benzene rings is 2. The molecule has 1 fully saturated rings. The van der Waals surface area contributed by atoms with Crippen LogP contribution in [-0.2, 0) is 4.79 Å². The van der Waals surface area contributed by atoms with Crippen LogP contribution in [0.4, 0.5) is 4.39 Å². The van der Waals surface area contributed by atoms with Crippen molar-refractivity contribution in [1.29, 1.82) is 0 Å². The zero-order valence-electron chi connectivity index (χ0n) is 17.6. The van der Waals surface area contributed by atoms with Gasteiger partial charge in [-0.25, -0.2) is 4.39 Å². The Balaban J connectivity index is 1.81. The minimum atomic E-state index is -0.885. The van der Waals surface area contributed by atoms with E-state index in [4.69, 9.17) is 5.73 Å². The number of carbonyl (C=O) groups is 2. The van der Waals surface area contributed by atoms with Crippen LogP contribution in [0.25, 0.3) is 0 Å². The second-order valence-electron chi connectivity index (χ2n) is 8.00. The molecule has 7 heteroatoms. The van der Waals surface area contributed by atoms with Crippen molar-refractivity contribution in [2.24, 2.45) is 10.7 Å². The number of nitrogens with one attached hydrogen (secondary N) is 1. The maximum Gasteiger partial charge on any atom is 0.251 e. The molecule has 0 saturated carbocycles. The Bertz CT molecular complexity index is 1090. The fraction of sp³-hybridized carbons (Fsp3) is 0.292. The van der Waals surface area contributed by atoms with E-state index in [1.54, 1.807) is 42.2 Å². The number of allylic oxidation sites excluding steroid dienone is 1. The average Bonchev–Trinajstić information content (AvgIpc) is 2.76. The summed E-state index contributed by atoms with van der Waals surface area (Å²) in [5, 5.41) is 2.92. The molecule has 0 unspecified atom stereocenters. The molecule has 2 aromatic carbocycles. The molecule has 0 radical (unpaired) electrons. The molecule has 0 bridgehead atoms. The van der Waals surface area contributed by atoms with Gasteiger partial charge in [-0.3, -0.25) is 19.5 Å². The van der Waals surface area contributed by atoms with Gasteiger partial charge in [-0.2, -0.15) is 0 Å². The number of nitrogens with zero attached hydrogens (tertiary/aromatic N) is 2. The van der Waals surface area contributed by atoms with Crippen LogP contribution >= 0.6 is 0 Å². The first-order valence-corrected chi connectivity index (χ1v) is 10.3. The molecule has 160 valence electrons. The fourth-order valence-electron chi connectivity index (χ4n) is 4.27. The second-order valence-corrected chi connectivity index (χ2v) is 8.00. The van der Waals surface area contributed by atoms with Crippen molar-refractivity contribution in [3.8, 4) is 0 Å². The first-order chi connectivity index (χ1) is 14.9. The van der Waals surface area contributed by atoms with Crippen LogP contribution in [0, 0.1) is 12.7 Å². The van der Waals surface area contributed by atoms with Crippen molar-refractivity contribution < 1.29 is 14.0 Å². The Morgan fingerprint density at radius 3 is 2.65 bits per heavy atom. The monoisotopic (exact) mass is 420 g/mol. The summed E-state index contributed by atoms with van der Waals surface area (Å²) in [5.74, 6) is -0.983. The molecule has 0 spiro atoms. The summed E-state index contributed by atoms with van der Waals surface area (Å²) in [6.45, 7) is 4.78. The number of hydrogen-bond acceptors (Lipinski definition) is 4. The first kappa shape index (κ1) is 20.8. The van der Waals surface area contributed by atoms with E-state index in [0.29, 0.717) is 41.3 Å². The molecular formula is C24H25FN4O2. The van der Waals surface area contributed by atoms with Gasteiger partial charge in [-0.1, -0.05) is 29.8 Å². The van der Waals surface area contributed by atoms with Crippen LogP contribution in [0.1, 0.15) is 40.7 Å². The zero-order valence-corrected chi connectivity index (χ0v) is 17.6. The smallest absolute Gasteiger partial charge is 0.251 e. The quantitative estimate of drug-likeness (QED) is 0.800. The van der Waals surface area contributed by atoms with Gasteiger partial charge in [-0.05, 0) is 50.1 Å². The lowest BCUT2D eigenvalue weighted by Gasteiger charge is -2.42. The van der Waals surface area contributed by atoms with E-state index in [1.807, 2.05) is 13.0 Å². The molecule has 6 nitrogen and oxygen atoms in total. The Kier molecular flexibility index (Phi) is 5.59. The van der Waals surface area contributed by atoms with Crippen molar-refractivity contribution in [3.05, 3.63) is 82.3 Å². The van der Waals surface area contributed by atoms with Crippen molar-refractivity contribution in [2.45, 2.75) is 32.2 Å². The van der Waals surface area contributed by atoms with Crippen molar-refractivity contribution in [1.82, 2.24) is 10.2 Å². The van der Waals surface area contributed by atoms with E-state index >= 15 is 0 Å². The lowest BCUT2D eigenvalue weighted by molar-refractivity contribution is -0.130. The number of fused-ring (bicyclic) bond motifs is 1. The van der Waals surface area contributed by atoms with Gasteiger partial charge in [0.2, 0.25) is 0 Å². The number of carbonyl (C=O) groups excluding carboxylic acids is 2. The van der Waals surface area contributed by atoms with E-state index in [2.05, 4.69) is 10.3 Å². The minimum Gasteiger partial charge on any atom is -0.402 e. The van der Waals surface area contributed by atoms with Gasteiger partial charge in [0.05, 0.1) is 0 Å². The molecule has 4 rings (SSSR count). The Morgan fingerprint density at radius 1 is 1.23 bits per heavy atom. The van der Waals surface area contributed by atoms with E-state index in [0.717, 1.165) is 12.0 Å². The molecule has 0 aliphatic carbocycles. The third-order valence-corrected chi connectivity index (χ3v) is 5.70. The van der Waals surface area contributed by atoms with Gasteiger partial charge in [0, 0.05) is 35.8 Å². The number of aliphatic imine (C=N–C) groups is 1. The van der Waals surface area contributed by atoms with Crippen molar-refractivity contribution in [2.75, 3.05) is 13.1 Å². The molecule has 3 N–H and O–H groups in total. The van der Waals surface area contributed by atoms with Crippen LogP contribution in [0.3, 0.4) is 0 Å². The number of aryl methyl sites for hydroxylation is 1. The molecule has 2 aliphatic rings. The highest BCUT2D eigenvalue weighted by Crippen LogP contribution is 2.37. The number of amides is 2. The van der Waals surface area contributed by atoms with E-state index in [9.17, 15) is 14.0 Å². The SMILES string of the molecule is CC(N)=C1C2=NCCCN2C(=O)[C@@H](NC(=O)c2cccc(C)c2)[C@H]1c1ccc(F)cc1. The normalized spacial score (nSPS) is 22.5. The first-order valence-electron chi connectivity index (χ1n) is 10.3. The highest BCUT2D eigenvalue weighted by atomic mass is 19.1. The van der Waals surface area contributed by atoms with Crippen LogP contribution in [0.5, 0.6) is 0 Å². The zero-order chi connectivity index (χ0) is 22.1. The Labute approximate surface area is 180 Å².